The fourth-order valence-electron chi connectivity index (χ4n) is 9.51. The standard InChI is InChI=1S/C38H51ClN2O8/c1-21-11-10-13-29(45-7)38-20-28(46-35(43)40-38)22(2)33-36(4,48-33)30(47-34(49-38)37-14-9-8-12-25(19-37)23(37)3)18-31(42)41(5)26-16-24(15-21)17-27(44-6)32(26)39/h10-11,13,16-17,22-23,25,28-30,33-34H,8-9,12,14-15,18-20H2,1-7H3,(H,40,43)/b13-10+,21-11+. The van der Waals surface area contributed by atoms with Crippen LogP contribution in [0.3, 0.4) is 0 Å². The minimum absolute atomic E-state index is 0.0320. The highest BCUT2D eigenvalue weighted by Crippen LogP contribution is 2.63. The summed E-state index contributed by atoms with van der Waals surface area (Å²) in [7, 11) is 4.95. The summed E-state index contributed by atoms with van der Waals surface area (Å²) >= 11 is 6.85. The lowest BCUT2D eigenvalue weighted by molar-refractivity contribution is -0.340. The lowest BCUT2D eigenvalue weighted by Crippen LogP contribution is -2.69. The lowest BCUT2D eigenvalue weighted by Gasteiger charge is -2.59. The molecule has 3 saturated heterocycles. The number of methoxy groups -OCH3 is 2. The van der Waals surface area contributed by atoms with Crippen molar-refractivity contribution in [1.82, 2.24) is 5.32 Å². The summed E-state index contributed by atoms with van der Waals surface area (Å²) in [6.07, 6.45) is 8.69. The Labute approximate surface area is 294 Å². The van der Waals surface area contributed by atoms with E-state index in [1.807, 2.05) is 51.1 Å². The Balaban J connectivity index is 1.40. The number of benzene rings is 1. The van der Waals surface area contributed by atoms with Crippen molar-refractivity contribution in [1.29, 1.82) is 0 Å². The molecule has 11 heteroatoms. The van der Waals surface area contributed by atoms with Gasteiger partial charge in [0.2, 0.25) is 5.91 Å². The number of epoxide rings is 1. The van der Waals surface area contributed by atoms with Gasteiger partial charge in [0.1, 0.15) is 34.7 Å². The van der Waals surface area contributed by atoms with Gasteiger partial charge in [-0.3, -0.25) is 10.1 Å². The van der Waals surface area contributed by atoms with E-state index in [1.54, 1.807) is 26.2 Å². The van der Waals surface area contributed by atoms with Crippen molar-refractivity contribution in [2.75, 3.05) is 26.2 Å². The number of alkyl carbamates (subject to hydrolysis) is 1. The maximum absolute atomic E-state index is 14.4. The minimum atomic E-state index is -1.30. The van der Waals surface area contributed by atoms with Crippen LogP contribution in [0.25, 0.3) is 0 Å². The summed E-state index contributed by atoms with van der Waals surface area (Å²) in [6, 6.07) is 3.85. The number of allylic oxidation sites excluding steroid dienone is 3. The van der Waals surface area contributed by atoms with Gasteiger partial charge in [-0.05, 0) is 62.6 Å². The summed E-state index contributed by atoms with van der Waals surface area (Å²) < 4.78 is 38.9. The predicted octanol–water partition coefficient (Wildman–Crippen LogP) is 6.72. The average molecular weight is 699 g/mol. The molecule has 3 aliphatic carbocycles. The van der Waals surface area contributed by atoms with Crippen molar-refractivity contribution in [2.45, 2.75) is 121 Å². The van der Waals surface area contributed by atoms with Crippen LogP contribution >= 0.6 is 11.6 Å². The number of hydrogen-bond donors (Lipinski definition) is 1. The molecule has 4 aliphatic heterocycles. The Hall–Kier alpha value is -2.63. The first-order chi connectivity index (χ1) is 23.3. The molecule has 2 amide bonds. The molecule has 0 radical (unpaired) electrons. The van der Waals surface area contributed by atoms with Crippen molar-refractivity contribution < 1.29 is 38.0 Å². The van der Waals surface area contributed by atoms with Crippen LogP contribution in [0.1, 0.15) is 78.2 Å². The summed E-state index contributed by atoms with van der Waals surface area (Å²) in [4.78, 5) is 29.4. The Morgan fingerprint density at radius 2 is 1.90 bits per heavy atom. The van der Waals surface area contributed by atoms with E-state index in [9.17, 15) is 9.59 Å². The van der Waals surface area contributed by atoms with Crippen LogP contribution in [0.4, 0.5) is 10.5 Å². The largest absolute Gasteiger partial charge is 0.495 e. The first kappa shape index (κ1) is 34.8. The van der Waals surface area contributed by atoms with Crippen molar-refractivity contribution in [3.05, 3.63) is 46.5 Å². The number of carbonyl (C=O) groups excluding carboxylic acids is 2. The Morgan fingerprint density at radius 1 is 1.10 bits per heavy atom. The van der Waals surface area contributed by atoms with E-state index < -0.39 is 42.0 Å². The number of anilines is 1. The third kappa shape index (κ3) is 5.89. The summed E-state index contributed by atoms with van der Waals surface area (Å²) in [6.45, 7) is 8.38. The zero-order valence-corrected chi connectivity index (χ0v) is 30.5. The summed E-state index contributed by atoms with van der Waals surface area (Å²) in [5, 5.41) is 3.45. The zero-order chi connectivity index (χ0) is 34.9. The number of ether oxygens (including phenoxy) is 6. The first-order valence-electron chi connectivity index (χ1n) is 17.8. The molecule has 7 bridgehead atoms. The maximum Gasteiger partial charge on any atom is 0.409 e. The monoisotopic (exact) mass is 698 g/mol. The molecule has 10 nitrogen and oxygen atoms in total. The molecule has 11 unspecified atom stereocenters. The number of fused-ring (bicyclic) bond motifs is 11. The van der Waals surface area contributed by atoms with Crippen molar-refractivity contribution >= 4 is 29.3 Å². The molecule has 0 aromatic heterocycles. The van der Waals surface area contributed by atoms with Crippen LogP contribution in [-0.2, 0) is 34.9 Å². The molecule has 268 valence electrons. The van der Waals surface area contributed by atoms with E-state index in [4.69, 9.17) is 40.0 Å². The summed E-state index contributed by atoms with van der Waals surface area (Å²) in [5.41, 5.74) is 0.160. The van der Waals surface area contributed by atoms with Gasteiger partial charge in [0, 0.05) is 31.9 Å². The van der Waals surface area contributed by atoms with Gasteiger partial charge >= 0.3 is 6.09 Å². The van der Waals surface area contributed by atoms with Crippen molar-refractivity contribution in [3.63, 3.8) is 0 Å². The van der Waals surface area contributed by atoms with Crippen LogP contribution in [0.2, 0.25) is 5.02 Å². The Bertz CT molecular complexity index is 1550. The van der Waals surface area contributed by atoms with E-state index >= 15 is 0 Å². The number of nitrogens with one attached hydrogen (secondary N) is 1. The second kappa shape index (κ2) is 12.9. The Morgan fingerprint density at radius 3 is 2.63 bits per heavy atom. The smallest absolute Gasteiger partial charge is 0.409 e. The molecule has 1 aromatic carbocycles. The van der Waals surface area contributed by atoms with Gasteiger partial charge in [-0.2, -0.15) is 0 Å². The quantitative estimate of drug-likeness (QED) is 0.347. The van der Waals surface area contributed by atoms with Gasteiger partial charge < -0.3 is 33.3 Å². The number of carbonyl (C=O) groups is 2. The molecular formula is C38H51ClN2O8. The van der Waals surface area contributed by atoms with E-state index in [2.05, 4.69) is 12.2 Å². The molecular weight excluding hydrogens is 648 g/mol. The molecule has 4 heterocycles. The summed E-state index contributed by atoms with van der Waals surface area (Å²) in [5.74, 6) is 1.02. The molecule has 3 saturated carbocycles. The lowest BCUT2D eigenvalue weighted by atomic mass is 9.53. The number of rotatable bonds is 3. The average Bonchev–Trinajstić information content (AvgIpc) is 3.84. The number of nitrogens with zero attached hydrogens (tertiary/aromatic N) is 1. The number of halogens is 1. The fourth-order valence-corrected chi connectivity index (χ4v) is 9.82. The molecule has 11 atom stereocenters. The third-order valence-electron chi connectivity index (χ3n) is 12.7. The van der Waals surface area contributed by atoms with Crippen LogP contribution in [-0.4, -0.2) is 75.3 Å². The van der Waals surface area contributed by atoms with Crippen molar-refractivity contribution in [2.24, 2.45) is 23.2 Å². The number of hydrogen-bond acceptors (Lipinski definition) is 8. The van der Waals surface area contributed by atoms with Gasteiger partial charge in [-0.15, -0.1) is 0 Å². The predicted molar refractivity (Wildman–Crippen MR) is 185 cm³/mol. The highest BCUT2D eigenvalue weighted by molar-refractivity contribution is 6.35. The number of amides is 2. The van der Waals surface area contributed by atoms with Gasteiger partial charge in [0.05, 0.1) is 25.3 Å². The molecule has 1 aromatic rings. The van der Waals surface area contributed by atoms with Gasteiger partial charge in [0.15, 0.2) is 12.0 Å². The zero-order valence-electron chi connectivity index (χ0n) is 29.8. The molecule has 7 aliphatic rings. The van der Waals surface area contributed by atoms with Crippen LogP contribution < -0.4 is 15.0 Å². The highest BCUT2D eigenvalue weighted by atomic mass is 35.5. The second-order valence-corrected chi connectivity index (χ2v) is 15.9. The fraction of sp³-hybridized carbons (Fsp3) is 0.684. The molecule has 1 spiro atoms. The van der Waals surface area contributed by atoms with Crippen LogP contribution in [0.15, 0.2) is 35.9 Å². The third-order valence-corrected chi connectivity index (χ3v) is 13.1. The van der Waals surface area contributed by atoms with Crippen molar-refractivity contribution in [3.8, 4) is 5.75 Å². The van der Waals surface area contributed by atoms with Gasteiger partial charge in [0.25, 0.3) is 0 Å². The van der Waals surface area contributed by atoms with Gasteiger partial charge in [-0.1, -0.05) is 68.5 Å². The minimum Gasteiger partial charge on any atom is -0.495 e. The first-order valence-corrected chi connectivity index (χ1v) is 18.2. The van der Waals surface area contributed by atoms with E-state index in [0.29, 0.717) is 41.1 Å². The molecule has 8 rings (SSSR count). The van der Waals surface area contributed by atoms with Gasteiger partial charge in [-0.25, -0.2) is 4.79 Å². The molecule has 1 N–H and O–H groups in total. The molecule has 6 fully saturated rings. The van der Waals surface area contributed by atoms with E-state index in [0.717, 1.165) is 36.8 Å². The highest BCUT2D eigenvalue weighted by Gasteiger charge is 2.68. The van der Waals surface area contributed by atoms with E-state index in [1.165, 1.54) is 6.42 Å². The molecule has 49 heavy (non-hydrogen) atoms. The van der Waals surface area contributed by atoms with Crippen LogP contribution in [0, 0.1) is 23.2 Å². The SMILES string of the molecule is COc1cc2cc(c1Cl)N(C)C(=O)CC1OC(C34CCCCC(C3)C4C)OC3(CC(OC(=O)N3)C(C)C3OC13C)C(OC)/C=C/C=C(\C)C2. The Kier molecular flexibility index (Phi) is 9.13. The normalized spacial score (nSPS) is 43.8. The maximum atomic E-state index is 14.4. The van der Waals surface area contributed by atoms with Crippen LogP contribution in [0.5, 0.6) is 5.75 Å². The topological polar surface area (TPSA) is 108 Å². The van der Waals surface area contributed by atoms with E-state index in [-0.39, 0.29) is 29.8 Å². The second-order valence-electron chi connectivity index (χ2n) is 15.6.